The van der Waals surface area contributed by atoms with Crippen LogP contribution in [0.1, 0.15) is 20.3 Å². The summed E-state index contributed by atoms with van der Waals surface area (Å²) in [6, 6.07) is 0. The highest BCUT2D eigenvalue weighted by atomic mass is 14.9. The van der Waals surface area contributed by atoms with E-state index in [9.17, 15) is 0 Å². The van der Waals surface area contributed by atoms with Crippen LogP contribution in [0, 0.1) is 5.92 Å². The highest BCUT2D eigenvalue weighted by molar-refractivity contribution is 5.56. The fourth-order valence-electron chi connectivity index (χ4n) is 0.983. The predicted molar refractivity (Wildman–Crippen MR) is 44.0 cm³/mol. The Morgan fingerprint density at radius 2 is 2.40 bits per heavy atom. The van der Waals surface area contributed by atoms with Gasteiger partial charge in [0.05, 0.1) is 6.34 Å². The Hall–Kier alpha value is -0.790. The van der Waals surface area contributed by atoms with Crippen LogP contribution in [-0.4, -0.2) is 12.9 Å². The fourth-order valence-corrected chi connectivity index (χ4v) is 0.983. The molecule has 0 aliphatic carbocycles. The lowest BCUT2D eigenvalue weighted by Crippen LogP contribution is -2.02. The standard InChI is InChI=1S/C8H14N2/c1-7(2)8-3-4-9-6-10-5-8/h5-7H,3-4H2,1-2H3,(H,9,10). The highest BCUT2D eigenvalue weighted by Gasteiger charge is 2.02. The van der Waals surface area contributed by atoms with Crippen LogP contribution >= 0.6 is 0 Å². The summed E-state index contributed by atoms with van der Waals surface area (Å²) in [4.78, 5) is 4.12. The first-order valence-electron chi connectivity index (χ1n) is 3.74. The molecule has 1 N–H and O–H groups in total. The van der Waals surface area contributed by atoms with E-state index in [1.54, 1.807) is 6.34 Å². The Balaban J connectivity index is 2.53. The topological polar surface area (TPSA) is 24.4 Å². The van der Waals surface area contributed by atoms with E-state index in [-0.39, 0.29) is 0 Å². The molecular formula is C8H14N2. The first kappa shape index (κ1) is 7.32. The molecule has 0 radical (unpaired) electrons. The SMILES string of the molecule is CC(C)C1=CNC=NCC1. The van der Waals surface area contributed by atoms with E-state index in [0.717, 1.165) is 13.0 Å². The van der Waals surface area contributed by atoms with E-state index in [4.69, 9.17) is 0 Å². The van der Waals surface area contributed by atoms with Gasteiger partial charge in [0.1, 0.15) is 0 Å². The van der Waals surface area contributed by atoms with Crippen LogP contribution in [0.25, 0.3) is 0 Å². The van der Waals surface area contributed by atoms with Gasteiger partial charge in [-0.2, -0.15) is 0 Å². The second kappa shape index (κ2) is 3.40. The van der Waals surface area contributed by atoms with Crippen molar-refractivity contribution in [2.45, 2.75) is 20.3 Å². The van der Waals surface area contributed by atoms with Crippen molar-refractivity contribution in [1.82, 2.24) is 5.32 Å². The molecule has 1 rings (SSSR count). The van der Waals surface area contributed by atoms with E-state index >= 15 is 0 Å². The molecule has 0 saturated heterocycles. The van der Waals surface area contributed by atoms with Gasteiger partial charge in [0.15, 0.2) is 0 Å². The quantitative estimate of drug-likeness (QED) is 0.584. The number of nitrogens with zero attached hydrogens (tertiary/aromatic N) is 1. The summed E-state index contributed by atoms with van der Waals surface area (Å²) in [6.07, 6.45) is 4.91. The molecule has 0 atom stereocenters. The lowest BCUT2D eigenvalue weighted by Gasteiger charge is -2.06. The van der Waals surface area contributed by atoms with Gasteiger partial charge in [0.2, 0.25) is 0 Å². The van der Waals surface area contributed by atoms with Gasteiger partial charge in [-0.1, -0.05) is 13.8 Å². The van der Waals surface area contributed by atoms with Crippen LogP contribution in [0.2, 0.25) is 0 Å². The summed E-state index contributed by atoms with van der Waals surface area (Å²) in [7, 11) is 0. The van der Waals surface area contributed by atoms with E-state index in [1.165, 1.54) is 5.57 Å². The molecule has 0 aromatic rings. The third-order valence-corrected chi connectivity index (χ3v) is 1.71. The van der Waals surface area contributed by atoms with Gasteiger partial charge in [-0.25, -0.2) is 0 Å². The smallest absolute Gasteiger partial charge is 0.0863 e. The van der Waals surface area contributed by atoms with Gasteiger partial charge in [-0.15, -0.1) is 0 Å². The van der Waals surface area contributed by atoms with Crippen molar-refractivity contribution in [3.8, 4) is 0 Å². The number of rotatable bonds is 1. The molecule has 0 unspecified atom stereocenters. The molecule has 0 bridgehead atoms. The van der Waals surface area contributed by atoms with Crippen molar-refractivity contribution in [2.75, 3.05) is 6.54 Å². The van der Waals surface area contributed by atoms with Crippen LogP contribution < -0.4 is 5.32 Å². The molecule has 0 amide bonds. The first-order valence-corrected chi connectivity index (χ1v) is 3.74. The average molecular weight is 138 g/mol. The van der Waals surface area contributed by atoms with Gasteiger partial charge in [0, 0.05) is 12.7 Å². The van der Waals surface area contributed by atoms with Gasteiger partial charge in [-0.05, 0) is 17.9 Å². The summed E-state index contributed by atoms with van der Waals surface area (Å²) in [5, 5.41) is 3.02. The molecule has 56 valence electrons. The number of hydrogen-bond donors (Lipinski definition) is 1. The average Bonchev–Trinajstić information content (AvgIpc) is 2.12. The Kier molecular flexibility index (Phi) is 2.49. The van der Waals surface area contributed by atoms with Gasteiger partial charge >= 0.3 is 0 Å². The summed E-state index contributed by atoms with van der Waals surface area (Å²) in [5.41, 5.74) is 1.46. The minimum Gasteiger partial charge on any atom is -0.353 e. The van der Waals surface area contributed by atoms with Gasteiger partial charge in [0.25, 0.3) is 0 Å². The molecule has 0 saturated carbocycles. The monoisotopic (exact) mass is 138 g/mol. The Bertz CT molecular complexity index is 157. The molecule has 0 fully saturated rings. The predicted octanol–water partition coefficient (Wildman–Crippen LogP) is 1.55. The van der Waals surface area contributed by atoms with Gasteiger partial charge in [-0.3, -0.25) is 4.99 Å². The zero-order valence-corrected chi connectivity index (χ0v) is 6.59. The van der Waals surface area contributed by atoms with Crippen molar-refractivity contribution in [1.29, 1.82) is 0 Å². The number of aliphatic imine (C=N–C) groups is 1. The van der Waals surface area contributed by atoms with Crippen LogP contribution in [0.5, 0.6) is 0 Å². The van der Waals surface area contributed by atoms with Crippen LogP contribution in [0.15, 0.2) is 16.8 Å². The molecule has 1 aliphatic heterocycles. The van der Waals surface area contributed by atoms with Crippen molar-refractivity contribution >= 4 is 6.34 Å². The van der Waals surface area contributed by atoms with E-state index in [1.807, 2.05) is 0 Å². The Morgan fingerprint density at radius 3 is 3.10 bits per heavy atom. The van der Waals surface area contributed by atoms with E-state index in [2.05, 4.69) is 30.4 Å². The number of nitrogens with one attached hydrogen (secondary N) is 1. The fraction of sp³-hybridized carbons (Fsp3) is 0.625. The minimum absolute atomic E-state index is 0.647. The molecule has 1 heterocycles. The molecule has 2 nitrogen and oxygen atoms in total. The Labute approximate surface area is 62.0 Å². The maximum atomic E-state index is 4.12. The van der Waals surface area contributed by atoms with Crippen molar-refractivity contribution in [2.24, 2.45) is 10.9 Å². The Morgan fingerprint density at radius 1 is 1.60 bits per heavy atom. The lowest BCUT2D eigenvalue weighted by molar-refractivity contribution is 0.714. The maximum absolute atomic E-state index is 4.12. The minimum atomic E-state index is 0.647. The second-order valence-electron chi connectivity index (χ2n) is 2.83. The summed E-state index contributed by atoms with van der Waals surface area (Å²) < 4.78 is 0. The normalized spacial score (nSPS) is 18.1. The van der Waals surface area contributed by atoms with Crippen LogP contribution in [0.3, 0.4) is 0 Å². The molecule has 2 heteroatoms. The van der Waals surface area contributed by atoms with Crippen molar-refractivity contribution in [3.05, 3.63) is 11.8 Å². The van der Waals surface area contributed by atoms with E-state index < -0.39 is 0 Å². The molecule has 1 aliphatic rings. The van der Waals surface area contributed by atoms with Crippen molar-refractivity contribution in [3.63, 3.8) is 0 Å². The molecular weight excluding hydrogens is 124 g/mol. The zero-order valence-electron chi connectivity index (χ0n) is 6.59. The molecule has 0 spiro atoms. The molecule has 0 aromatic heterocycles. The van der Waals surface area contributed by atoms with Crippen LogP contribution in [0.4, 0.5) is 0 Å². The lowest BCUT2D eigenvalue weighted by atomic mass is 10.0. The van der Waals surface area contributed by atoms with Gasteiger partial charge < -0.3 is 5.32 Å². The summed E-state index contributed by atoms with van der Waals surface area (Å²) >= 11 is 0. The zero-order chi connectivity index (χ0) is 7.40. The largest absolute Gasteiger partial charge is 0.353 e. The summed E-state index contributed by atoms with van der Waals surface area (Å²) in [5.74, 6) is 0.647. The number of hydrogen-bond acceptors (Lipinski definition) is 2. The molecule has 0 aromatic carbocycles. The van der Waals surface area contributed by atoms with E-state index in [0.29, 0.717) is 5.92 Å². The maximum Gasteiger partial charge on any atom is 0.0863 e. The third kappa shape index (κ3) is 1.87. The first-order chi connectivity index (χ1) is 4.80. The molecule has 10 heavy (non-hydrogen) atoms. The second-order valence-corrected chi connectivity index (χ2v) is 2.83. The van der Waals surface area contributed by atoms with Crippen LogP contribution in [-0.2, 0) is 0 Å². The summed E-state index contributed by atoms with van der Waals surface area (Å²) in [6.45, 7) is 5.34. The third-order valence-electron chi connectivity index (χ3n) is 1.71. The van der Waals surface area contributed by atoms with Crippen molar-refractivity contribution < 1.29 is 0 Å². The highest BCUT2D eigenvalue weighted by Crippen LogP contribution is 2.13.